The molecule has 5 rings (SSSR count). The molecule has 0 unspecified atom stereocenters. The largest absolute Gasteiger partial charge is 0.356 e. The Morgan fingerprint density at radius 3 is 2.17 bits per heavy atom. The summed E-state index contributed by atoms with van der Waals surface area (Å²) in [5, 5.41) is 7.30. The summed E-state index contributed by atoms with van der Waals surface area (Å²) in [6, 6.07) is 8.08. The first-order valence-corrected chi connectivity index (χ1v) is 10.6. The lowest BCUT2D eigenvalue weighted by atomic mass is 10.0. The van der Waals surface area contributed by atoms with E-state index in [2.05, 4.69) is 25.4 Å². The molecule has 0 spiro atoms. The van der Waals surface area contributed by atoms with Gasteiger partial charge in [0.15, 0.2) is 0 Å². The Hall–Kier alpha value is -3.02. The fraction of sp³-hybridized carbons (Fsp3) is 0.391. The van der Waals surface area contributed by atoms with Crippen LogP contribution in [-0.4, -0.2) is 31.6 Å². The van der Waals surface area contributed by atoms with Crippen LogP contribution in [0.4, 0.5) is 5.95 Å². The summed E-state index contributed by atoms with van der Waals surface area (Å²) in [5.74, 6) is 0.592. The van der Waals surface area contributed by atoms with Gasteiger partial charge in [0.1, 0.15) is 0 Å². The predicted molar refractivity (Wildman–Crippen MR) is 122 cm³/mol. The van der Waals surface area contributed by atoms with Gasteiger partial charge in [-0.05, 0) is 23.8 Å². The van der Waals surface area contributed by atoms with Gasteiger partial charge < -0.3 is 5.32 Å². The van der Waals surface area contributed by atoms with E-state index in [1.165, 1.54) is 38.5 Å². The molecule has 0 radical (unpaired) electrons. The minimum absolute atomic E-state index is 0. The summed E-state index contributed by atoms with van der Waals surface area (Å²) in [4.78, 5) is 12.9. The van der Waals surface area contributed by atoms with Crippen molar-refractivity contribution in [3.05, 3.63) is 49.1 Å². The van der Waals surface area contributed by atoms with Crippen LogP contribution in [0.1, 0.15) is 53.8 Å². The second kappa shape index (κ2) is 10.5. The van der Waals surface area contributed by atoms with E-state index in [0.717, 1.165) is 27.7 Å². The van der Waals surface area contributed by atoms with Crippen LogP contribution in [0.3, 0.4) is 0 Å². The number of fused-ring (bicyclic) bond motifs is 2. The normalized spacial score (nSPS) is 13.2. The number of hydrogen-bond donors (Lipinski definition) is 1. The summed E-state index contributed by atoms with van der Waals surface area (Å²) >= 11 is 0. The lowest BCUT2D eigenvalue weighted by molar-refractivity contribution is 0.504. The van der Waals surface area contributed by atoms with Crippen LogP contribution in [-0.2, 0) is 0 Å². The molecular formula is C23H32N6. The Kier molecular flexibility index (Phi) is 7.50. The van der Waals surface area contributed by atoms with Gasteiger partial charge in [0.25, 0.3) is 0 Å². The Morgan fingerprint density at radius 1 is 0.862 bits per heavy atom. The maximum atomic E-state index is 4.37. The molecule has 0 aliphatic heterocycles. The molecule has 0 bridgehead atoms. The second-order valence-corrected chi connectivity index (χ2v) is 6.77. The molecule has 4 aromatic rings. The highest BCUT2D eigenvalue weighted by Crippen LogP contribution is 2.27. The molecule has 1 fully saturated rings. The highest BCUT2D eigenvalue weighted by molar-refractivity contribution is 5.86. The topological polar surface area (TPSA) is 68.0 Å². The molecule has 0 saturated heterocycles. The molecule has 29 heavy (non-hydrogen) atoms. The maximum Gasteiger partial charge on any atom is 0.240 e. The molecule has 0 amide bonds. The Bertz CT molecular complexity index is 1030. The van der Waals surface area contributed by atoms with Crippen molar-refractivity contribution >= 4 is 22.5 Å². The summed E-state index contributed by atoms with van der Waals surface area (Å²) in [6.45, 7) is 4.00. The first kappa shape index (κ1) is 20.7. The third-order valence-electron chi connectivity index (χ3n) is 4.92. The first-order valence-electron chi connectivity index (χ1n) is 10.6. The number of anilines is 1. The van der Waals surface area contributed by atoms with E-state index in [1.807, 2.05) is 55.0 Å². The number of aromatic nitrogens is 5. The highest BCUT2D eigenvalue weighted by Gasteiger charge is 2.08. The van der Waals surface area contributed by atoms with Crippen molar-refractivity contribution in [3.8, 4) is 11.1 Å². The summed E-state index contributed by atoms with van der Waals surface area (Å²) in [7, 11) is 1.80. The molecule has 1 aliphatic carbocycles. The Balaban J connectivity index is 0.000000305. The third kappa shape index (κ3) is 5.08. The number of nitrogens with zero attached hydrogens (tertiary/aromatic N) is 5. The second-order valence-electron chi connectivity index (χ2n) is 6.77. The summed E-state index contributed by atoms with van der Waals surface area (Å²) in [5.41, 5.74) is 4.87. The van der Waals surface area contributed by atoms with E-state index in [1.54, 1.807) is 19.4 Å². The molecule has 154 valence electrons. The van der Waals surface area contributed by atoms with Crippen LogP contribution < -0.4 is 5.32 Å². The fourth-order valence-electron chi connectivity index (χ4n) is 3.45. The van der Waals surface area contributed by atoms with Gasteiger partial charge in [-0.2, -0.15) is 0 Å². The summed E-state index contributed by atoms with van der Waals surface area (Å²) < 4.78 is 1.81. The zero-order chi connectivity index (χ0) is 20.5. The van der Waals surface area contributed by atoms with E-state index in [0.29, 0.717) is 5.95 Å². The van der Waals surface area contributed by atoms with E-state index < -0.39 is 0 Å². The van der Waals surface area contributed by atoms with Gasteiger partial charge in [0, 0.05) is 32.6 Å². The van der Waals surface area contributed by atoms with Crippen molar-refractivity contribution in [2.24, 2.45) is 0 Å². The van der Waals surface area contributed by atoms with Crippen molar-refractivity contribution in [2.45, 2.75) is 52.4 Å². The number of hydrogen-bond acceptors (Lipinski definition) is 5. The smallest absolute Gasteiger partial charge is 0.240 e. The van der Waals surface area contributed by atoms with E-state index in [9.17, 15) is 0 Å². The first-order chi connectivity index (χ1) is 14.3. The molecule has 1 saturated carbocycles. The van der Waals surface area contributed by atoms with Crippen molar-refractivity contribution in [3.63, 3.8) is 0 Å². The van der Waals surface area contributed by atoms with E-state index in [4.69, 9.17) is 0 Å². The third-order valence-corrected chi connectivity index (χ3v) is 4.92. The molecule has 6 heteroatoms. The minimum atomic E-state index is 0. The monoisotopic (exact) mass is 392 g/mol. The Labute approximate surface area is 173 Å². The molecule has 3 heterocycles. The Morgan fingerprint density at radius 2 is 1.52 bits per heavy atom. The number of nitrogens with one attached hydrogen (secondary N) is 1. The van der Waals surface area contributed by atoms with Crippen molar-refractivity contribution in [2.75, 3.05) is 12.4 Å². The van der Waals surface area contributed by atoms with Crippen LogP contribution in [0.15, 0.2) is 49.1 Å². The van der Waals surface area contributed by atoms with E-state index in [-0.39, 0.29) is 1.43 Å². The van der Waals surface area contributed by atoms with Gasteiger partial charge in [-0.25, -0.2) is 9.50 Å². The predicted octanol–water partition coefficient (Wildman–Crippen LogP) is 5.99. The molecule has 6 nitrogen and oxygen atoms in total. The van der Waals surface area contributed by atoms with Gasteiger partial charge in [-0.15, -0.1) is 5.10 Å². The SMILES string of the molecule is C1CCCCC1.CC.CNc1ncc2c(-c3ccc4nccnc4c3)ccn2n1.[HH]. The molecule has 1 aromatic carbocycles. The van der Waals surface area contributed by atoms with Gasteiger partial charge in [-0.1, -0.05) is 58.4 Å². The fourth-order valence-corrected chi connectivity index (χ4v) is 3.45. The van der Waals surface area contributed by atoms with Crippen molar-refractivity contribution in [1.82, 2.24) is 24.6 Å². The molecular weight excluding hydrogens is 360 g/mol. The lowest BCUT2D eigenvalue weighted by Gasteiger charge is -2.05. The standard InChI is InChI=1S/C15H12N6.C6H12.C2H6.H2/c1-16-15-19-9-14-11(4-7-21(14)20-15)10-2-3-12-13(8-10)18-6-5-17-12;1-2-4-6-5-3-1;1-2;/h2-9H,1H3,(H,16,20);1-6H2;1-2H3;1H. The summed E-state index contributed by atoms with van der Waals surface area (Å²) in [6.07, 6.45) is 16.1. The number of rotatable bonds is 2. The quantitative estimate of drug-likeness (QED) is 0.453. The minimum Gasteiger partial charge on any atom is -0.356 e. The average Bonchev–Trinajstić information content (AvgIpc) is 3.25. The van der Waals surface area contributed by atoms with Gasteiger partial charge in [0.05, 0.1) is 22.7 Å². The van der Waals surface area contributed by atoms with Crippen LogP contribution in [0, 0.1) is 0 Å². The average molecular weight is 393 g/mol. The lowest BCUT2D eigenvalue weighted by Crippen LogP contribution is -2.00. The molecule has 1 aliphatic rings. The van der Waals surface area contributed by atoms with Gasteiger partial charge in [-0.3, -0.25) is 9.97 Å². The molecule has 0 atom stereocenters. The molecule has 1 N–H and O–H groups in total. The van der Waals surface area contributed by atoms with Crippen molar-refractivity contribution in [1.29, 1.82) is 0 Å². The van der Waals surface area contributed by atoms with Crippen LogP contribution >= 0.6 is 0 Å². The zero-order valence-corrected chi connectivity index (χ0v) is 17.6. The van der Waals surface area contributed by atoms with Gasteiger partial charge in [0.2, 0.25) is 5.95 Å². The van der Waals surface area contributed by atoms with Crippen LogP contribution in [0.2, 0.25) is 0 Å². The number of benzene rings is 1. The highest BCUT2D eigenvalue weighted by atomic mass is 15.3. The zero-order valence-electron chi connectivity index (χ0n) is 17.6. The van der Waals surface area contributed by atoms with Crippen molar-refractivity contribution < 1.29 is 1.43 Å². The van der Waals surface area contributed by atoms with Gasteiger partial charge >= 0.3 is 0 Å². The maximum absolute atomic E-state index is 4.37. The molecule has 3 aromatic heterocycles. The van der Waals surface area contributed by atoms with Crippen LogP contribution in [0.5, 0.6) is 0 Å². The van der Waals surface area contributed by atoms with E-state index >= 15 is 0 Å². The van der Waals surface area contributed by atoms with Crippen LogP contribution in [0.25, 0.3) is 27.7 Å².